The topological polar surface area (TPSA) is 83.1 Å². The minimum Gasteiger partial charge on any atom is -0.467 e. The second-order valence-corrected chi connectivity index (χ2v) is 13.4. The first kappa shape index (κ1) is 30.5. The molecule has 4 aliphatic carbocycles. The molecule has 4 bridgehead atoms. The number of benzene rings is 4. The van der Waals surface area contributed by atoms with E-state index in [0.29, 0.717) is 17.0 Å². The zero-order valence-electron chi connectivity index (χ0n) is 26.7. The first-order chi connectivity index (χ1) is 22.3. The average molecular weight is 620 g/mol. The van der Waals surface area contributed by atoms with Gasteiger partial charge in [0, 0.05) is 36.4 Å². The monoisotopic (exact) mass is 619 g/mol. The quantitative estimate of drug-likeness (QED) is 0.109. The summed E-state index contributed by atoms with van der Waals surface area (Å²) in [6.45, 7) is 3.34. The van der Waals surface area contributed by atoms with E-state index in [1.165, 1.54) is 51.0 Å². The fourth-order valence-corrected chi connectivity index (χ4v) is 8.64. The van der Waals surface area contributed by atoms with E-state index in [0.717, 1.165) is 45.4 Å². The molecule has 8 rings (SSSR count). The van der Waals surface area contributed by atoms with Crippen LogP contribution in [-0.4, -0.2) is 32.1 Å². The Labute approximate surface area is 270 Å². The second kappa shape index (κ2) is 12.5. The minimum absolute atomic E-state index is 0.0465. The molecule has 1 atom stereocenters. The number of methoxy groups -OCH3 is 1. The first-order valence-corrected chi connectivity index (χ1v) is 16.3. The summed E-state index contributed by atoms with van der Waals surface area (Å²) in [6.07, 6.45) is 7.17. The van der Waals surface area contributed by atoms with Crippen molar-refractivity contribution in [3.63, 3.8) is 0 Å². The van der Waals surface area contributed by atoms with Crippen molar-refractivity contribution in [3.05, 3.63) is 90.0 Å². The van der Waals surface area contributed by atoms with Gasteiger partial charge in [0.25, 0.3) is 5.91 Å². The lowest BCUT2D eigenvalue weighted by Gasteiger charge is -2.57. The highest BCUT2D eigenvalue weighted by molar-refractivity contribution is 6.11. The van der Waals surface area contributed by atoms with E-state index < -0.39 is 0 Å². The third-order valence-electron chi connectivity index (χ3n) is 10.3. The van der Waals surface area contributed by atoms with Crippen LogP contribution in [0.25, 0.3) is 21.9 Å². The van der Waals surface area contributed by atoms with Gasteiger partial charge in [-0.05, 0) is 127 Å². The SMILES string of the molecule is COC(C)OCOc1cc2ccc(NC(=O)c3ccccc3)c(-c3ccc(OC(C)=O)cc3)c2cc1C12CC3CC(CC(C3)C1)C2. The van der Waals surface area contributed by atoms with Gasteiger partial charge in [0.05, 0.1) is 0 Å². The molecule has 0 spiro atoms. The average Bonchev–Trinajstić information content (AvgIpc) is 3.04. The molecule has 1 N–H and O–H groups in total. The van der Waals surface area contributed by atoms with Crippen molar-refractivity contribution >= 4 is 28.3 Å². The Morgan fingerprint density at radius 2 is 1.57 bits per heavy atom. The van der Waals surface area contributed by atoms with Gasteiger partial charge in [-0.2, -0.15) is 0 Å². The van der Waals surface area contributed by atoms with Crippen molar-refractivity contribution in [2.75, 3.05) is 19.2 Å². The summed E-state index contributed by atoms with van der Waals surface area (Å²) in [5, 5.41) is 5.23. The molecule has 46 heavy (non-hydrogen) atoms. The predicted molar refractivity (Wildman–Crippen MR) is 178 cm³/mol. The number of hydrogen-bond donors (Lipinski definition) is 1. The van der Waals surface area contributed by atoms with Crippen LogP contribution in [0, 0.1) is 17.8 Å². The lowest BCUT2D eigenvalue weighted by molar-refractivity contribution is -0.150. The standard InChI is InChI=1S/C39H41NO6/c1-24(41)46-32-12-9-29(10-13-32)37-33-19-34(39-20-26-15-27(21-39)17-28(16-26)22-39)36(45-23-44-25(2)43-3)18-31(33)11-14-35(37)40-38(42)30-7-5-4-6-8-30/h4-14,18-19,25-28H,15-17,20-23H2,1-3H3,(H,40,42). The number of amides is 1. The summed E-state index contributed by atoms with van der Waals surface area (Å²) in [5.74, 6) is 3.04. The van der Waals surface area contributed by atoms with E-state index in [1.54, 1.807) is 19.2 Å². The molecule has 4 aliphatic rings. The highest BCUT2D eigenvalue weighted by atomic mass is 16.7. The maximum absolute atomic E-state index is 13.4. The number of esters is 1. The summed E-state index contributed by atoms with van der Waals surface area (Å²) in [5.41, 5.74) is 4.40. The van der Waals surface area contributed by atoms with E-state index in [4.69, 9.17) is 18.9 Å². The van der Waals surface area contributed by atoms with Crippen molar-refractivity contribution in [3.8, 4) is 22.6 Å². The number of nitrogens with one attached hydrogen (secondary N) is 1. The third-order valence-corrected chi connectivity index (χ3v) is 10.3. The molecule has 4 aromatic rings. The Morgan fingerprint density at radius 1 is 0.891 bits per heavy atom. The molecule has 0 saturated heterocycles. The van der Waals surface area contributed by atoms with Gasteiger partial charge in [0.2, 0.25) is 0 Å². The number of carbonyl (C=O) groups is 2. The maximum atomic E-state index is 13.4. The summed E-state index contributed by atoms with van der Waals surface area (Å²) in [4.78, 5) is 25.1. The van der Waals surface area contributed by atoms with Crippen LogP contribution in [0.1, 0.15) is 68.3 Å². The number of fused-ring (bicyclic) bond motifs is 1. The van der Waals surface area contributed by atoms with Crippen LogP contribution < -0.4 is 14.8 Å². The first-order valence-electron chi connectivity index (χ1n) is 16.3. The Bertz CT molecular complexity index is 1710. The van der Waals surface area contributed by atoms with Gasteiger partial charge < -0.3 is 24.3 Å². The van der Waals surface area contributed by atoms with Gasteiger partial charge in [-0.25, -0.2) is 0 Å². The van der Waals surface area contributed by atoms with Gasteiger partial charge in [0.1, 0.15) is 11.5 Å². The molecule has 1 amide bonds. The van der Waals surface area contributed by atoms with E-state index in [2.05, 4.69) is 17.4 Å². The Kier molecular flexibility index (Phi) is 8.30. The van der Waals surface area contributed by atoms with E-state index in [9.17, 15) is 9.59 Å². The fraction of sp³-hybridized carbons (Fsp3) is 0.385. The van der Waals surface area contributed by atoms with Gasteiger partial charge in [0.15, 0.2) is 13.1 Å². The number of hydrogen-bond acceptors (Lipinski definition) is 6. The van der Waals surface area contributed by atoms with Gasteiger partial charge in [-0.3, -0.25) is 9.59 Å². The Balaban J connectivity index is 1.38. The van der Waals surface area contributed by atoms with Gasteiger partial charge >= 0.3 is 5.97 Å². The largest absolute Gasteiger partial charge is 0.467 e. The Hall–Kier alpha value is -4.20. The molecule has 0 aliphatic heterocycles. The summed E-state index contributed by atoms with van der Waals surface area (Å²) >= 11 is 0. The van der Waals surface area contributed by atoms with Crippen LogP contribution in [0.3, 0.4) is 0 Å². The highest BCUT2D eigenvalue weighted by Crippen LogP contribution is 2.62. The van der Waals surface area contributed by atoms with Crippen LogP contribution in [0.5, 0.6) is 11.5 Å². The summed E-state index contributed by atoms with van der Waals surface area (Å²) in [6, 6.07) is 25.2. The molecule has 0 heterocycles. The van der Waals surface area contributed by atoms with E-state index in [1.807, 2.05) is 61.5 Å². The van der Waals surface area contributed by atoms with Crippen molar-refractivity contribution in [2.24, 2.45) is 17.8 Å². The molecule has 7 heteroatoms. The predicted octanol–water partition coefficient (Wildman–Crippen LogP) is 8.50. The number of rotatable bonds is 10. The van der Waals surface area contributed by atoms with Crippen LogP contribution >= 0.6 is 0 Å². The Morgan fingerprint density at radius 3 is 2.20 bits per heavy atom. The third kappa shape index (κ3) is 6.02. The minimum atomic E-state index is -0.374. The van der Waals surface area contributed by atoms with Crippen LogP contribution in [0.4, 0.5) is 5.69 Å². The van der Waals surface area contributed by atoms with Crippen molar-refractivity contribution in [2.45, 2.75) is 64.1 Å². The smallest absolute Gasteiger partial charge is 0.308 e. The van der Waals surface area contributed by atoms with Crippen LogP contribution in [0.2, 0.25) is 0 Å². The lowest BCUT2D eigenvalue weighted by atomic mass is 9.48. The summed E-state index contributed by atoms with van der Waals surface area (Å²) in [7, 11) is 1.62. The number of carbonyl (C=O) groups excluding carboxylic acids is 2. The van der Waals surface area contributed by atoms with E-state index in [-0.39, 0.29) is 30.4 Å². The molecule has 0 aromatic heterocycles. The molecular formula is C39H41NO6. The molecule has 4 saturated carbocycles. The molecule has 4 fully saturated rings. The molecular weight excluding hydrogens is 578 g/mol. The summed E-state index contributed by atoms with van der Waals surface area (Å²) < 4.78 is 22.9. The molecule has 238 valence electrons. The fourth-order valence-electron chi connectivity index (χ4n) is 8.64. The van der Waals surface area contributed by atoms with Crippen molar-refractivity contribution in [1.82, 2.24) is 0 Å². The lowest BCUT2D eigenvalue weighted by Crippen LogP contribution is -2.48. The molecule has 4 aromatic carbocycles. The second-order valence-electron chi connectivity index (χ2n) is 13.4. The molecule has 7 nitrogen and oxygen atoms in total. The van der Waals surface area contributed by atoms with Gasteiger partial charge in [-0.1, -0.05) is 36.4 Å². The molecule has 0 radical (unpaired) electrons. The van der Waals surface area contributed by atoms with Crippen LogP contribution in [0.15, 0.2) is 78.9 Å². The van der Waals surface area contributed by atoms with Crippen LogP contribution in [-0.2, 0) is 19.7 Å². The number of anilines is 1. The zero-order valence-corrected chi connectivity index (χ0v) is 26.7. The normalized spacial score (nSPS) is 23.7. The highest BCUT2D eigenvalue weighted by Gasteiger charge is 2.52. The molecule has 1 unspecified atom stereocenters. The van der Waals surface area contributed by atoms with Crippen molar-refractivity contribution < 1.29 is 28.5 Å². The zero-order chi connectivity index (χ0) is 31.8. The van der Waals surface area contributed by atoms with Crippen molar-refractivity contribution in [1.29, 1.82) is 0 Å². The number of ether oxygens (including phenoxy) is 4. The van der Waals surface area contributed by atoms with Gasteiger partial charge in [-0.15, -0.1) is 0 Å². The maximum Gasteiger partial charge on any atom is 0.308 e. The van der Waals surface area contributed by atoms with E-state index >= 15 is 0 Å².